The van der Waals surface area contributed by atoms with Gasteiger partial charge in [-0.3, -0.25) is 0 Å². The molecule has 0 N–H and O–H groups in total. The monoisotopic (exact) mass is 361 g/mol. The molecule has 25 heavy (non-hydrogen) atoms. The summed E-state index contributed by atoms with van der Waals surface area (Å²) in [5.41, 5.74) is 2.94. The molecule has 1 heterocycles. The minimum atomic E-state index is -0.500. The van der Waals surface area contributed by atoms with Gasteiger partial charge in [0, 0.05) is 29.8 Å². The fourth-order valence-electron chi connectivity index (χ4n) is 3.35. The van der Waals surface area contributed by atoms with Crippen LogP contribution in [0, 0.1) is 6.07 Å². The molecule has 0 unspecified atom stereocenters. The van der Waals surface area contributed by atoms with Crippen molar-refractivity contribution in [1.82, 2.24) is 9.55 Å². The maximum Gasteiger partial charge on any atom is 0.0989 e. The molecule has 4 aromatic rings. The van der Waals surface area contributed by atoms with Gasteiger partial charge in [0.15, 0.2) is 0 Å². The second-order valence-electron chi connectivity index (χ2n) is 5.69. The van der Waals surface area contributed by atoms with Crippen LogP contribution in [0.15, 0.2) is 104 Å². The zero-order valence-corrected chi connectivity index (χ0v) is 14.9. The number of aromatic nitrogens is 2. The van der Waals surface area contributed by atoms with Crippen molar-refractivity contribution in [3.05, 3.63) is 126 Å². The van der Waals surface area contributed by atoms with Crippen molar-refractivity contribution in [2.75, 3.05) is 0 Å². The summed E-state index contributed by atoms with van der Waals surface area (Å²) >= 11 is 0. The van der Waals surface area contributed by atoms with Crippen LogP contribution in [0.3, 0.4) is 0 Å². The van der Waals surface area contributed by atoms with Crippen LogP contribution >= 0.6 is 0 Å². The smallest absolute Gasteiger partial charge is 0.0989 e. The first-order valence-corrected chi connectivity index (χ1v) is 7.99. The molecule has 2 nitrogen and oxygen atoms in total. The molecule has 0 aliphatic heterocycles. The standard InChI is InChI=1S/C22H17N2.Cr/c1-4-10-19(11-5-1)22(24-17-16-23-18-24,20-12-6-2-7-13-20)21-14-8-3-9-15-21;/h1-14,16-18H;/q-1;. The molecule has 0 aliphatic carbocycles. The maximum absolute atomic E-state index is 4.31. The third kappa shape index (κ3) is 2.93. The Kier molecular flexibility index (Phi) is 5.19. The molecule has 0 saturated carbocycles. The van der Waals surface area contributed by atoms with E-state index in [0.29, 0.717) is 0 Å². The number of nitrogens with zero attached hydrogens (tertiary/aromatic N) is 2. The first-order chi connectivity index (χ1) is 11.9. The number of rotatable bonds is 4. The molecule has 0 fully saturated rings. The van der Waals surface area contributed by atoms with E-state index < -0.39 is 5.54 Å². The molecular formula is C22H17CrN2-. The molecule has 0 bridgehead atoms. The minimum Gasteiger partial charge on any atom is -0.321 e. The average molecular weight is 361 g/mol. The van der Waals surface area contributed by atoms with E-state index in [2.05, 4.69) is 76.3 Å². The zero-order valence-electron chi connectivity index (χ0n) is 13.6. The van der Waals surface area contributed by atoms with Gasteiger partial charge in [0.2, 0.25) is 0 Å². The predicted octanol–water partition coefficient (Wildman–Crippen LogP) is 4.52. The van der Waals surface area contributed by atoms with Crippen LogP contribution in [0.1, 0.15) is 16.7 Å². The summed E-state index contributed by atoms with van der Waals surface area (Å²) in [7, 11) is 0. The first-order valence-electron chi connectivity index (χ1n) is 7.99. The Balaban J connectivity index is 0.00000182. The van der Waals surface area contributed by atoms with Gasteiger partial charge in [0.1, 0.15) is 0 Å². The summed E-state index contributed by atoms with van der Waals surface area (Å²) in [6, 6.07) is 32.6. The van der Waals surface area contributed by atoms with Gasteiger partial charge in [0.25, 0.3) is 0 Å². The molecule has 1 aromatic heterocycles. The van der Waals surface area contributed by atoms with Crippen LogP contribution in [0.25, 0.3) is 0 Å². The largest absolute Gasteiger partial charge is 0.321 e. The van der Waals surface area contributed by atoms with Crippen LogP contribution < -0.4 is 0 Å². The Morgan fingerprint density at radius 3 is 1.84 bits per heavy atom. The van der Waals surface area contributed by atoms with Crippen molar-refractivity contribution in [3.63, 3.8) is 0 Å². The number of imidazole rings is 1. The number of hydrogen-bond donors (Lipinski definition) is 0. The van der Waals surface area contributed by atoms with Crippen molar-refractivity contribution in [2.24, 2.45) is 0 Å². The van der Waals surface area contributed by atoms with Gasteiger partial charge in [-0.05, 0) is 11.1 Å². The minimum absolute atomic E-state index is 0. The van der Waals surface area contributed by atoms with E-state index in [9.17, 15) is 0 Å². The van der Waals surface area contributed by atoms with E-state index >= 15 is 0 Å². The summed E-state index contributed by atoms with van der Waals surface area (Å²) in [4.78, 5) is 4.31. The quantitative estimate of drug-likeness (QED) is 0.386. The number of benzene rings is 3. The van der Waals surface area contributed by atoms with Crippen LogP contribution in [-0.2, 0) is 22.9 Å². The van der Waals surface area contributed by atoms with E-state index in [4.69, 9.17) is 0 Å². The fraction of sp³-hybridized carbons (Fsp3) is 0.0455. The van der Waals surface area contributed by atoms with Gasteiger partial charge in [-0.15, -0.1) is 5.56 Å². The van der Waals surface area contributed by atoms with Gasteiger partial charge in [-0.25, -0.2) is 4.98 Å². The van der Waals surface area contributed by atoms with E-state index in [1.165, 1.54) is 11.1 Å². The maximum atomic E-state index is 4.31. The van der Waals surface area contributed by atoms with Gasteiger partial charge in [-0.2, -0.15) is 30.3 Å². The molecule has 0 amide bonds. The third-order valence-corrected chi connectivity index (χ3v) is 4.37. The van der Waals surface area contributed by atoms with Crippen LogP contribution in [0.4, 0.5) is 0 Å². The number of hydrogen-bond acceptors (Lipinski definition) is 1. The van der Waals surface area contributed by atoms with Gasteiger partial charge in [-0.1, -0.05) is 60.7 Å². The summed E-state index contributed by atoms with van der Waals surface area (Å²) in [5.74, 6) is 0. The summed E-state index contributed by atoms with van der Waals surface area (Å²) in [5, 5.41) is 0. The van der Waals surface area contributed by atoms with Crippen molar-refractivity contribution < 1.29 is 17.4 Å². The molecule has 0 aliphatic rings. The Labute approximate surface area is 158 Å². The van der Waals surface area contributed by atoms with Crippen LogP contribution in [0.5, 0.6) is 0 Å². The fourth-order valence-corrected chi connectivity index (χ4v) is 3.35. The summed E-state index contributed by atoms with van der Waals surface area (Å²) in [6.07, 6.45) is 5.71. The van der Waals surface area contributed by atoms with Crippen molar-refractivity contribution in [3.8, 4) is 0 Å². The van der Waals surface area contributed by atoms with Crippen molar-refractivity contribution in [2.45, 2.75) is 5.54 Å². The molecule has 0 radical (unpaired) electrons. The Morgan fingerprint density at radius 1 is 0.760 bits per heavy atom. The molecule has 4 rings (SSSR count). The second kappa shape index (κ2) is 7.53. The molecule has 3 aromatic carbocycles. The van der Waals surface area contributed by atoms with E-state index in [0.717, 1.165) is 5.56 Å². The summed E-state index contributed by atoms with van der Waals surface area (Å²) in [6.45, 7) is 0. The Hall–Kier alpha value is -2.60. The zero-order chi connectivity index (χ0) is 16.2. The Bertz CT molecular complexity index is 792. The summed E-state index contributed by atoms with van der Waals surface area (Å²) < 4.78 is 2.16. The molecule has 122 valence electrons. The van der Waals surface area contributed by atoms with E-state index in [1.807, 2.05) is 43.0 Å². The third-order valence-electron chi connectivity index (χ3n) is 4.37. The van der Waals surface area contributed by atoms with E-state index in [1.54, 1.807) is 0 Å². The van der Waals surface area contributed by atoms with E-state index in [-0.39, 0.29) is 17.4 Å². The molecule has 0 atom stereocenters. The van der Waals surface area contributed by atoms with Crippen LogP contribution in [0.2, 0.25) is 0 Å². The second-order valence-corrected chi connectivity index (χ2v) is 5.69. The topological polar surface area (TPSA) is 17.8 Å². The SMILES string of the molecule is [Cr].[c-]1ccccc1C(c1ccccc1)(c1ccccc1)n1ccnc1. The van der Waals surface area contributed by atoms with Crippen LogP contribution in [-0.4, -0.2) is 9.55 Å². The molecular weight excluding hydrogens is 344 g/mol. The Morgan fingerprint density at radius 2 is 1.36 bits per heavy atom. The van der Waals surface area contributed by atoms with Gasteiger partial charge >= 0.3 is 0 Å². The molecule has 3 heteroatoms. The molecule has 0 saturated heterocycles. The van der Waals surface area contributed by atoms with Crippen molar-refractivity contribution in [1.29, 1.82) is 0 Å². The van der Waals surface area contributed by atoms with Gasteiger partial charge in [0.05, 0.1) is 11.9 Å². The van der Waals surface area contributed by atoms with Gasteiger partial charge < -0.3 is 4.57 Å². The van der Waals surface area contributed by atoms with Crippen molar-refractivity contribution >= 4 is 0 Å². The average Bonchev–Trinajstić information content (AvgIpc) is 3.20. The predicted molar refractivity (Wildman–Crippen MR) is 95.7 cm³/mol. The molecule has 0 spiro atoms. The first kappa shape index (κ1) is 17.2. The normalized spacial score (nSPS) is 10.9.